The molecule has 0 aliphatic carbocycles. The Balaban J connectivity index is 1.99. The number of benzene rings is 1. The molecule has 0 atom stereocenters. The average molecular weight is 295 g/mol. The fraction of sp³-hybridized carbons (Fsp3) is 0.471. The fourth-order valence-electron chi connectivity index (χ4n) is 3.00. The van der Waals surface area contributed by atoms with Gasteiger partial charge in [0.15, 0.2) is 5.82 Å². The second kappa shape index (κ2) is 6.18. The smallest absolute Gasteiger partial charge is 0.207 e. The quantitative estimate of drug-likeness (QED) is 0.854. The number of aromatic nitrogens is 3. The number of hydrogen-bond donors (Lipinski definition) is 0. The maximum Gasteiger partial charge on any atom is 0.207 e. The van der Waals surface area contributed by atoms with Crippen LogP contribution in [0.2, 0.25) is 0 Å². The Kier molecular flexibility index (Phi) is 4.10. The van der Waals surface area contributed by atoms with Crippen molar-refractivity contribution in [1.29, 1.82) is 5.26 Å². The van der Waals surface area contributed by atoms with Crippen molar-refractivity contribution in [3.8, 4) is 11.8 Å². The van der Waals surface area contributed by atoms with Gasteiger partial charge in [0.2, 0.25) is 5.69 Å². The van der Waals surface area contributed by atoms with Crippen LogP contribution in [0.1, 0.15) is 42.5 Å². The van der Waals surface area contributed by atoms with Crippen LogP contribution in [0, 0.1) is 25.2 Å². The highest BCUT2D eigenvalue weighted by molar-refractivity contribution is 5.51. The van der Waals surface area contributed by atoms with Gasteiger partial charge in [-0.1, -0.05) is 30.5 Å². The predicted molar refractivity (Wildman–Crippen MR) is 86.2 cm³/mol. The van der Waals surface area contributed by atoms with Crippen LogP contribution < -0.4 is 4.90 Å². The van der Waals surface area contributed by atoms with Crippen LogP contribution in [0.25, 0.3) is 5.69 Å². The van der Waals surface area contributed by atoms with E-state index in [0.29, 0.717) is 5.69 Å². The first-order valence-electron chi connectivity index (χ1n) is 7.89. The van der Waals surface area contributed by atoms with Gasteiger partial charge in [-0.15, -0.1) is 15.0 Å². The van der Waals surface area contributed by atoms with E-state index in [1.165, 1.54) is 18.4 Å². The van der Waals surface area contributed by atoms with E-state index in [9.17, 15) is 5.26 Å². The van der Waals surface area contributed by atoms with Gasteiger partial charge in [-0.05, 0) is 38.3 Å². The molecule has 1 saturated heterocycles. The molecule has 0 bridgehead atoms. The molecular formula is C17H21N5. The van der Waals surface area contributed by atoms with Crippen LogP contribution >= 0.6 is 0 Å². The highest BCUT2D eigenvalue weighted by Crippen LogP contribution is 2.22. The van der Waals surface area contributed by atoms with E-state index in [2.05, 4.69) is 34.2 Å². The molecule has 5 heteroatoms. The van der Waals surface area contributed by atoms with E-state index in [-0.39, 0.29) is 0 Å². The molecule has 1 aromatic heterocycles. The summed E-state index contributed by atoms with van der Waals surface area (Å²) in [5.41, 5.74) is 3.67. The Hall–Kier alpha value is -2.35. The lowest BCUT2D eigenvalue weighted by molar-refractivity contribution is 0.724. The van der Waals surface area contributed by atoms with Crippen LogP contribution in [0.15, 0.2) is 18.2 Å². The van der Waals surface area contributed by atoms with Crippen LogP contribution in [0.5, 0.6) is 0 Å². The Morgan fingerprint density at radius 1 is 1.05 bits per heavy atom. The molecule has 0 saturated carbocycles. The van der Waals surface area contributed by atoms with Crippen molar-refractivity contribution >= 4 is 5.82 Å². The molecule has 3 rings (SSSR count). The van der Waals surface area contributed by atoms with Crippen molar-refractivity contribution in [3.63, 3.8) is 0 Å². The molecule has 0 unspecified atom stereocenters. The summed E-state index contributed by atoms with van der Waals surface area (Å²) >= 11 is 0. The molecule has 2 aromatic rings. The molecule has 2 heterocycles. The van der Waals surface area contributed by atoms with Crippen LogP contribution in [0.3, 0.4) is 0 Å². The van der Waals surface area contributed by atoms with Gasteiger partial charge in [-0.3, -0.25) is 0 Å². The Morgan fingerprint density at radius 2 is 1.77 bits per heavy atom. The topological polar surface area (TPSA) is 57.7 Å². The van der Waals surface area contributed by atoms with E-state index in [1.54, 1.807) is 4.80 Å². The second-order valence-corrected chi connectivity index (χ2v) is 5.96. The number of anilines is 1. The van der Waals surface area contributed by atoms with Crippen molar-refractivity contribution in [3.05, 3.63) is 35.0 Å². The summed E-state index contributed by atoms with van der Waals surface area (Å²) in [5, 5.41) is 18.4. The molecule has 5 nitrogen and oxygen atoms in total. The summed E-state index contributed by atoms with van der Waals surface area (Å²) in [6, 6.07) is 8.36. The fourth-order valence-corrected chi connectivity index (χ4v) is 3.00. The Bertz CT molecular complexity index is 702. The molecule has 0 amide bonds. The molecule has 22 heavy (non-hydrogen) atoms. The summed E-state index contributed by atoms with van der Waals surface area (Å²) in [6.07, 6.45) is 4.82. The maximum atomic E-state index is 9.40. The molecule has 0 radical (unpaired) electrons. The van der Waals surface area contributed by atoms with Gasteiger partial charge >= 0.3 is 0 Å². The van der Waals surface area contributed by atoms with Crippen molar-refractivity contribution in [2.24, 2.45) is 0 Å². The minimum atomic E-state index is 0.418. The van der Waals surface area contributed by atoms with Crippen molar-refractivity contribution in [2.75, 3.05) is 18.0 Å². The normalized spacial score (nSPS) is 15.4. The van der Waals surface area contributed by atoms with E-state index in [0.717, 1.165) is 43.0 Å². The molecule has 1 aliphatic heterocycles. The van der Waals surface area contributed by atoms with E-state index in [1.807, 2.05) is 19.1 Å². The first kappa shape index (κ1) is 14.6. The Morgan fingerprint density at radius 3 is 2.41 bits per heavy atom. The number of nitriles is 1. The standard InChI is InChI=1S/C17H21N5/c1-13-7-8-16(14(2)11-13)22-19-15(12-18)17(20-22)21-9-5-3-4-6-10-21/h7-8,11H,3-6,9-10H2,1-2H3. The lowest BCUT2D eigenvalue weighted by Crippen LogP contribution is -2.25. The van der Waals surface area contributed by atoms with Gasteiger partial charge < -0.3 is 4.90 Å². The van der Waals surface area contributed by atoms with Gasteiger partial charge in [0.1, 0.15) is 6.07 Å². The molecule has 0 N–H and O–H groups in total. The minimum Gasteiger partial charge on any atom is -0.353 e. The zero-order valence-electron chi connectivity index (χ0n) is 13.2. The van der Waals surface area contributed by atoms with E-state index < -0.39 is 0 Å². The summed E-state index contributed by atoms with van der Waals surface area (Å²) < 4.78 is 0. The highest BCUT2D eigenvalue weighted by atomic mass is 15.5. The lowest BCUT2D eigenvalue weighted by Gasteiger charge is -2.19. The minimum absolute atomic E-state index is 0.418. The lowest BCUT2D eigenvalue weighted by atomic mass is 10.1. The second-order valence-electron chi connectivity index (χ2n) is 5.96. The number of aryl methyl sites for hydroxylation is 2. The first-order valence-corrected chi connectivity index (χ1v) is 7.89. The largest absolute Gasteiger partial charge is 0.353 e. The predicted octanol–water partition coefficient (Wildman–Crippen LogP) is 3.14. The number of hydrogen-bond acceptors (Lipinski definition) is 4. The molecule has 114 valence electrons. The maximum absolute atomic E-state index is 9.40. The third-order valence-corrected chi connectivity index (χ3v) is 4.18. The third kappa shape index (κ3) is 2.82. The van der Waals surface area contributed by atoms with E-state index in [4.69, 9.17) is 0 Å². The Labute approximate surface area is 131 Å². The SMILES string of the molecule is Cc1ccc(-n2nc(C#N)c(N3CCCCCC3)n2)c(C)c1. The number of rotatable bonds is 2. The zero-order valence-corrected chi connectivity index (χ0v) is 13.2. The molecule has 1 fully saturated rings. The molecular weight excluding hydrogens is 274 g/mol. The summed E-state index contributed by atoms with van der Waals surface area (Å²) in [6.45, 7) is 6.03. The van der Waals surface area contributed by atoms with Crippen molar-refractivity contribution < 1.29 is 0 Å². The molecule has 1 aliphatic rings. The summed E-state index contributed by atoms with van der Waals surface area (Å²) in [5.74, 6) is 0.726. The van der Waals surface area contributed by atoms with E-state index >= 15 is 0 Å². The van der Waals surface area contributed by atoms with Gasteiger partial charge in [-0.2, -0.15) is 5.26 Å². The average Bonchev–Trinajstić information content (AvgIpc) is 2.74. The van der Waals surface area contributed by atoms with Gasteiger partial charge in [0.05, 0.1) is 5.69 Å². The zero-order chi connectivity index (χ0) is 15.5. The molecule has 0 spiro atoms. The van der Waals surface area contributed by atoms with Gasteiger partial charge in [0, 0.05) is 13.1 Å². The monoisotopic (exact) mass is 295 g/mol. The number of nitrogens with zero attached hydrogens (tertiary/aromatic N) is 5. The molecule has 1 aromatic carbocycles. The van der Waals surface area contributed by atoms with Crippen LogP contribution in [0.4, 0.5) is 5.82 Å². The van der Waals surface area contributed by atoms with Crippen LogP contribution in [-0.4, -0.2) is 28.1 Å². The van der Waals surface area contributed by atoms with Crippen LogP contribution in [-0.2, 0) is 0 Å². The van der Waals surface area contributed by atoms with Crippen molar-refractivity contribution in [2.45, 2.75) is 39.5 Å². The van der Waals surface area contributed by atoms with Gasteiger partial charge in [0.25, 0.3) is 0 Å². The van der Waals surface area contributed by atoms with Gasteiger partial charge in [-0.25, -0.2) is 0 Å². The summed E-state index contributed by atoms with van der Waals surface area (Å²) in [7, 11) is 0. The summed E-state index contributed by atoms with van der Waals surface area (Å²) in [4.78, 5) is 3.81. The highest BCUT2D eigenvalue weighted by Gasteiger charge is 2.20. The first-order chi connectivity index (χ1) is 10.7. The van der Waals surface area contributed by atoms with Crippen molar-refractivity contribution in [1.82, 2.24) is 15.0 Å². The third-order valence-electron chi connectivity index (χ3n) is 4.18.